The van der Waals surface area contributed by atoms with E-state index in [0.717, 1.165) is 28.8 Å². The maximum absolute atomic E-state index is 13.7. The molecule has 5 nitrogen and oxygen atoms in total. The molecular formula is C30H32ClF2NO4. The molecular weight excluding hydrogens is 512 g/mol. The van der Waals surface area contributed by atoms with E-state index >= 15 is 0 Å². The molecule has 202 valence electrons. The number of halogens is 3. The van der Waals surface area contributed by atoms with Crippen molar-refractivity contribution < 1.29 is 28.2 Å². The van der Waals surface area contributed by atoms with Gasteiger partial charge in [0.1, 0.15) is 12.4 Å². The first-order valence-corrected chi connectivity index (χ1v) is 12.8. The number of amides is 1. The van der Waals surface area contributed by atoms with Crippen LogP contribution in [-0.2, 0) is 17.8 Å². The van der Waals surface area contributed by atoms with E-state index in [1.807, 2.05) is 13.8 Å². The number of hydrogen-bond acceptors (Lipinski definition) is 3. The highest BCUT2D eigenvalue weighted by molar-refractivity contribution is 6.31. The van der Waals surface area contributed by atoms with Gasteiger partial charge in [0, 0.05) is 17.5 Å². The van der Waals surface area contributed by atoms with Crippen LogP contribution in [0.5, 0.6) is 5.75 Å². The number of carboxylic acids is 1. The largest absolute Gasteiger partial charge is 0.489 e. The van der Waals surface area contributed by atoms with E-state index in [0.29, 0.717) is 29.2 Å². The predicted molar refractivity (Wildman–Crippen MR) is 144 cm³/mol. The molecule has 3 aromatic rings. The Kier molecular flexibility index (Phi) is 9.86. The molecule has 0 saturated carbocycles. The van der Waals surface area contributed by atoms with E-state index in [1.54, 1.807) is 12.1 Å². The molecule has 0 bridgehead atoms. The van der Waals surface area contributed by atoms with Gasteiger partial charge in [-0.1, -0.05) is 60.8 Å². The minimum atomic E-state index is -1.06. The van der Waals surface area contributed by atoms with Crippen LogP contribution in [0.4, 0.5) is 8.78 Å². The van der Waals surface area contributed by atoms with Crippen molar-refractivity contribution in [1.82, 2.24) is 5.32 Å². The van der Waals surface area contributed by atoms with Gasteiger partial charge in [-0.3, -0.25) is 9.59 Å². The first kappa shape index (κ1) is 29.1. The van der Waals surface area contributed by atoms with Gasteiger partial charge in [0.2, 0.25) is 0 Å². The zero-order valence-corrected chi connectivity index (χ0v) is 22.7. The van der Waals surface area contributed by atoms with E-state index in [9.17, 15) is 23.5 Å². The highest BCUT2D eigenvalue weighted by Gasteiger charge is 2.21. The lowest BCUT2D eigenvalue weighted by atomic mass is 9.93. The average molecular weight is 544 g/mol. The standard InChI is InChI=1S/C30H32ClF2NO4/c1-17(2)9-28(21-11-18(3)10-19(4)12-21)34-30(37)24-14-23(7-5-20(24)6-8-29(35)36)38-16-22-13-26(32)27(33)15-25(22)31/h5,7,10-15,17,28H,6,8-9,16H2,1-4H3,(H,34,37)(H,35,36). The first-order chi connectivity index (χ1) is 17.9. The lowest BCUT2D eigenvalue weighted by Crippen LogP contribution is -2.30. The van der Waals surface area contributed by atoms with Crippen molar-refractivity contribution in [3.05, 3.63) is 98.6 Å². The Bertz CT molecular complexity index is 1310. The van der Waals surface area contributed by atoms with Gasteiger partial charge in [-0.05, 0) is 68.0 Å². The second kappa shape index (κ2) is 12.9. The highest BCUT2D eigenvalue weighted by Crippen LogP contribution is 2.27. The van der Waals surface area contributed by atoms with E-state index in [1.165, 1.54) is 6.07 Å². The van der Waals surface area contributed by atoms with Gasteiger partial charge in [-0.25, -0.2) is 8.78 Å². The molecule has 3 aromatic carbocycles. The number of rotatable bonds is 11. The molecule has 1 atom stereocenters. The second-order valence-electron chi connectivity index (χ2n) is 9.94. The summed E-state index contributed by atoms with van der Waals surface area (Å²) in [5.41, 5.74) is 4.29. The summed E-state index contributed by atoms with van der Waals surface area (Å²) in [5, 5.41) is 12.3. The smallest absolute Gasteiger partial charge is 0.303 e. The Morgan fingerprint density at radius 1 is 0.974 bits per heavy atom. The summed E-state index contributed by atoms with van der Waals surface area (Å²) in [5.74, 6) is -2.81. The second-order valence-corrected chi connectivity index (χ2v) is 10.3. The monoisotopic (exact) mass is 543 g/mol. The summed E-state index contributed by atoms with van der Waals surface area (Å²) in [6.45, 7) is 8.03. The molecule has 0 aromatic heterocycles. The summed E-state index contributed by atoms with van der Waals surface area (Å²) in [7, 11) is 0. The average Bonchev–Trinajstić information content (AvgIpc) is 2.83. The van der Waals surface area contributed by atoms with Gasteiger partial charge in [0.25, 0.3) is 5.91 Å². The van der Waals surface area contributed by atoms with Crippen LogP contribution in [0.25, 0.3) is 0 Å². The molecule has 0 spiro atoms. The number of ether oxygens (including phenoxy) is 1. The van der Waals surface area contributed by atoms with Crippen molar-refractivity contribution in [3.8, 4) is 5.75 Å². The molecule has 2 N–H and O–H groups in total. The van der Waals surface area contributed by atoms with Crippen molar-refractivity contribution in [2.45, 2.75) is 59.6 Å². The highest BCUT2D eigenvalue weighted by atomic mass is 35.5. The maximum Gasteiger partial charge on any atom is 0.303 e. The van der Waals surface area contributed by atoms with Crippen LogP contribution in [0.15, 0.2) is 48.5 Å². The SMILES string of the molecule is Cc1cc(C)cc(C(CC(C)C)NC(=O)c2cc(OCc3cc(F)c(F)cc3Cl)ccc2CCC(=O)O)c1. The van der Waals surface area contributed by atoms with Crippen LogP contribution in [-0.4, -0.2) is 17.0 Å². The molecule has 0 saturated heterocycles. The van der Waals surface area contributed by atoms with Crippen molar-refractivity contribution in [2.24, 2.45) is 5.92 Å². The van der Waals surface area contributed by atoms with E-state index in [2.05, 4.69) is 37.4 Å². The number of aliphatic carboxylic acids is 1. The van der Waals surface area contributed by atoms with E-state index < -0.39 is 17.6 Å². The normalized spacial score (nSPS) is 11.9. The van der Waals surface area contributed by atoms with Gasteiger partial charge in [0.15, 0.2) is 11.6 Å². The minimum Gasteiger partial charge on any atom is -0.489 e. The number of carbonyl (C=O) groups excluding carboxylic acids is 1. The first-order valence-electron chi connectivity index (χ1n) is 12.4. The Morgan fingerprint density at radius 3 is 2.26 bits per heavy atom. The van der Waals surface area contributed by atoms with Crippen molar-refractivity contribution in [2.75, 3.05) is 0 Å². The third-order valence-corrected chi connectivity index (χ3v) is 6.43. The Labute approximate surface area is 226 Å². The summed E-state index contributed by atoms with van der Waals surface area (Å²) in [6.07, 6.45) is 0.729. The molecule has 0 aliphatic rings. The molecule has 0 radical (unpaired) electrons. The van der Waals surface area contributed by atoms with Crippen molar-refractivity contribution in [1.29, 1.82) is 0 Å². The van der Waals surface area contributed by atoms with Crippen molar-refractivity contribution >= 4 is 23.5 Å². The third-order valence-electron chi connectivity index (χ3n) is 6.08. The Morgan fingerprint density at radius 2 is 1.63 bits per heavy atom. The fraction of sp³-hybridized carbons (Fsp3) is 0.333. The van der Waals surface area contributed by atoms with Gasteiger partial charge in [-0.2, -0.15) is 0 Å². The number of carboxylic acid groups (broad SMARTS) is 1. The lowest BCUT2D eigenvalue weighted by Gasteiger charge is -2.23. The summed E-state index contributed by atoms with van der Waals surface area (Å²) in [6, 6.07) is 12.6. The van der Waals surface area contributed by atoms with Gasteiger partial charge in [-0.15, -0.1) is 0 Å². The molecule has 3 rings (SSSR count). The van der Waals surface area contributed by atoms with Crippen molar-refractivity contribution in [3.63, 3.8) is 0 Å². The van der Waals surface area contributed by atoms with Gasteiger partial charge in [0.05, 0.1) is 11.1 Å². The summed E-state index contributed by atoms with van der Waals surface area (Å²) < 4.78 is 32.8. The Balaban J connectivity index is 1.90. The van der Waals surface area contributed by atoms with E-state index in [4.69, 9.17) is 16.3 Å². The molecule has 1 amide bonds. The van der Waals surface area contributed by atoms with Crippen LogP contribution in [0, 0.1) is 31.4 Å². The number of benzene rings is 3. The zero-order valence-electron chi connectivity index (χ0n) is 21.9. The number of carbonyl (C=O) groups is 2. The van der Waals surface area contributed by atoms with Crippen LogP contribution in [0.1, 0.15) is 70.9 Å². The molecule has 0 aliphatic carbocycles. The topological polar surface area (TPSA) is 75.6 Å². The minimum absolute atomic E-state index is 0.0184. The van der Waals surface area contributed by atoms with Gasteiger partial charge >= 0.3 is 5.97 Å². The summed E-state index contributed by atoms with van der Waals surface area (Å²) >= 11 is 6.02. The third kappa shape index (κ3) is 8.02. The molecule has 0 fully saturated rings. The Hall–Kier alpha value is -3.45. The van der Waals surface area contributed by atoms with Crippen LogP contribution < -0.4 is 10.1 Å². The molecule has 0 heterocycles. The number of hydrogen-bond donors (Lipinski definition) is 2. The lowest BCUT2D eigenvalue weighted by molar-refractivity contribution is -0.136. The van der Waals surface area contributed by atoms with Gasteiger partial charge < -0.3 is 15.2 Å². The van der Waals surface area contributed by atoms with Crippen LogP contribution in [0.3, 0.4) is 0 Å². The zero-order chi connectivity index (χ0) is 28.0. The summed E-state index contributed by atoms with van der Waals surface area (Å²) in [4.78, 5) is 24.8. The quantitative estimate of drug-likeness (QED) is 0.248. The predicted octanol–water partition coefficient (Wildman–Crippen LogP) is 7.35. The van der Waals surface area contributed by atoms with Crippen LogP contribution in [0.2, 0.25) is 5.02 Å². The fourth-order valence-electron chi connectivity index (χ4n) is 4.35. The molecule has 1 unspecified atom stereocenters. The molecule has 8 heteroatoms. The molecule has 0 aliphatic heterocycles. The van der Waals surface area contributed by atoms with E-state index in [-0.39, 0.29) is 42.0 Å². The maximum atomic E-state index is 13.7. The molecule has 38 heavy (non-hydrogen) atoms. The van der Waals surface area contributed by atoms with Crippen LogP contribution >= 0.6 is 11.6 Å². The number of nitrogens with one attached hydrogen (secondary N) is 1. The number of aryl methyl sites for hydroxylation is 3. The fourth-order valence-corrected chi connectivity index (χ4v) is 4.55.